The zero-order chi connectivity index (χ0) is 15.4. The minimum absolute atomic E-state index is 0.0144. The van der Waals surface area contributed by atoms with Gasteiger partial charge in [-0.2, -0.15) is 11.8 Å². The number of rotatable bonds is 3. The van der Waals surface area contributed by atoms with Crippen LogP contribution in [0.25, 0.3) is 0 Å². The summed E-state index contributed by atoms with van der Waals surface area (Å²) in [7, 11) is 0. The smallest absolute Gasteiger partial charge is 0.224 e. The van der Waals surface area contributed by atoms with E-state index in [9.17, 15) is 4.79 Å². The van der Waals surface area contributed by atoms with Crippen LogP contribution >= 0.6 is 27.7 Å². The first-order chi connectivity index (χ1) is 10.7. The zero-order valence-electron chi connectivity index (χ0n) is 12.5. The van der Waals surface area contributed by atoms with Crippen LogP contribution in [0.4, 0.5) is 0 Å². The van der Waals surface area contributed by atoms with Crippen LogP contribution in [-0.4, -0.2) is 54.6 Å². The van der Waals surface area contributed by atoms with Gasteiger partial charge < -0.3 is 15.0 Å². The van der Waals surface area contributed by atoms with E-state index in [4.69, 9.17) is 4.74 Å². The van der Waals surface area contributed by atoms with Crippen LogP contribution in [0.1, 0.15) is 18.1 Å². The van der Waals surface area contributed by atoms with Gasteiger partial charge in [-0.15, -0.1) is 0 Å². The summed E-state index contributed by atoms with van der Waals surface area (Å²) in [6, 6.07) is 8.47. The minimum Gasteiger partial charge on any atom is -0.370 e. The Morgan fingerprint density at radius 1 is 1.41 bits per heavy atom. The SMILES string of the molecule is O=C(CC1CSCCN1)N1CCOC(c2ccc(Br)cc2)C1. The molecule has 0 aromatic heterocycles. The molecule has 0 radical (unpaired) electrons. The number of morpholine rings is 1. The Balaban J connectivity index is 1.57. The molecule has 0 bridgehead atoms. The third-order valence-electron chi connectivity index (χ3n) is 4.08. The van der Waals surface area contributed by atoms with Crippen molar-refractivity contribution < 1.29 is 9.53 Å². The normalized spacial score (nSPS) is 26.0. The second-order valence-electron chi connectivity index (χ2n) is 5.68. The quantitative estimate of drug-likeness (QED) is 0.868. The summed E-state index contributed by atoms with van der Waals surface area (Å²) in [6.45, 7) is 2.97. The van der Waals surface area contributed by atoms with Crippen LogP contribution in [-0.2, 0) is 9.53 Å². The van der Waals surface area contributed by atoms with Gasteiger partial charge in [0.15, 0.2) is 0 Å². The van der Waals surface area contributed by atoms with E-state index in [2.05, 4.69) is 33.4 Å². The number of ether oxygens (including phenoxy) is 1. The molecule has 6 heteroatoms. The lowest BCUT2D eigenvalue weighted by Gasteiger charge is -2.34. The molecule has 1 amide bonds. The van der Waals surface area contributed by atoms with Gasteiger partial charge in [-0.1, -0.05) is 28.1 Å². The lowest BCUT2D eigenvalue weighted by atomic mass is 10.1. The highest BCUT2D eigenvalue weighted by molar-refractivity contribution is 9.10. The molecule has 0 spiro atoms. The van der Waals surface area contributed by atoms with Crippen LogP contribution in [0, 0.1) is 0 Å². The van der Waals surface area contributed by atoms with Gasteiger partial charge in [-0.05, 0) is 17.7 Å². The fraction of sp³-hybridized carbons (Fsp3) is 0.562. The maximum Gasteiger partial charge on any atom is 0.224 e. The number of nitrogens with one attached hydrogen (secondary N) is 1. The summed E-state index contributed by atoms with van der Waals surface area (Å²) in [5.74, 6) is 2.42. The molecular formula is C16H21BrN2O2S. The molecule has 2 heterocycles. The molecular weight excluding hydrogens is 364 g/mol. The Morgan fingerprint density at radius 2 is 2.23 bits per heavy atom. The number of hydrogen-bond donors (Lipinski definition) is 1. The molecule has 0 saturated carbocycles. The van der Waals surface area contributed by atoms with E-state index in [-0.39, 0.29) is 12.0 Å². The standard InChI is InChI=1S/C16H21BrN2O2S/c17-13-3-1-12(2-4-13)15-10-19(6-7-21-15)16(20)9-14-11-22-8-5-18-14/h1-4,14-15,18H,5-11H2. The highest BCUT2D eigenvalue weighted by Gasteiger charge is 2.27. The molecule has 3 rings (SSSR count). The van der Waals surface area contributed by atoms with Crippen LogP contribution in [0.5, 0.6) is 0 Å². The summed E-state index contributed by atoms with van der Waals surface area (Å²) in [4.78, 5) is 14.5. The summed E-state index contributed by atoms with van der Waals surface area (Å²) in [5, 5.41) is 3.43. The molecule has 120 valence electrons. The molecule has 1 aromatic rings. The van der Waals surface area contributed by atoms with Gasteiger partial charge >= 0.3 is 0 Å². The number of benzene rings is 1. The Labute approximate surface area is 144 Å². The fourth-order valence-electron chi connectivity index (χ4n) is 2.85. The Bertz CT molecular complexity index is 505. The Morgan fingerprint density at radius 3 is 2.95 bits per heavy atom. The maximum atomic E-state index is 12.5. The molecule has 4 nitrogen and oxygen atoms in total. The maximum absolute atomic E-state index is 12.5. The molecule has 2 aliphatic heterocycles. The Hall–Kier alpha value is -0.560. The molecule has 2 saturated heterocycles. The van der Waals surface area contributed by atoms with E-state index in [1.807, 2.05) is 28.8 Å². The van der Waals surface area contributed by atoms with Crippen molar-refractivity contribution in [2.75, 3.05) is 37.7 Å². The summed E-state index contributed by atoms with van der Waals surface area (Å²) in [6.07, 6.45) is 0.583. The van der Waals surface area contributed by atoms with Gasteiger partial charge in [-0.25, -0.2) is 0 Å². The number of nitrogens with zero attached hydrogens (tertiary/aromatic N) is 1. The van der Waals surface area contributed by atoms with Crippen molar-refractivity contribution in [1.82, 2.24) is 10.2 Å². The van der Waals surface area contributed by atoms with E-state index in [1.165, 1.54) is 0 Å². The highest BCUT2D eigenvalue weighted by atomic mass is 79.9. The zero-order valence-corrected chi connectivity index (χ0v) is 14.9. The van der Waals surface area contributed by atoms with Crippen molar-refractivity contribution in [1.29, 1.82) is 0 Å². The third kappa shape index (κ3) is 4.25. The number of thioether (sulfide) groups is 1. The van der Waals surface area contributed by atoms with Crippen molar-refractivity contribution in [3.05, 3.63) is 34.3 Å². The number of amides is 1. The third-order valence-corrected chi connectivity index (χ3v) is 5.74. The van der Waals surface area contributed by atoms with E-state index in [0.29, 0.717) is 32.2 Å². The van der Waals surface area contributed by atoms with Crippen LogP contribution in [0.15, 0.2) is 28.7 Å². The van der Waals surface area contributed by atoms with Gasteiger partial charge in [0.25, 0.3) is 0 Å². The molecule has 0 aliphatic carbocycles. The first-order valence-corrected chi connectivity index (χ1v) is 9.63. The van der Waals surface area contributed by atoms with E-state index >= 15 is 0 Å². The number of halogens is 1. The van der Waals surface area contributed by atoms with Crippen molar-refractivity contribution in [2.24, 2.45) is 0 Å². The van der Waals surface area contributed by atoms with Crippen LogP contribution in [0.2, 0.25) is 0 Å². The van der Waals surface area contributed by atoms with E-state index < -0.39 is 0 Å². The van der Waals surface area contributed by atoms with Gasteiger partial charge in [0, 0.05) is 41.5 Å². The average molecular weight is 385 g/mol. The first kappa shape index (κ1) is 16.3. The van der Waals surface area contributed by atoms with Crippen LogP contribution < -0.4 is 5.32 Å². The van der Waals surface area contributed by atoms with Crippen molar-refractivity contribution >= 4 is 33.6 Å². The predicted molar refractivity (Wildman–Crippen MR) is 93.1 cm³/mol. The molecule has 2 atom stereocenters. The molecule has 2 aliphatic rings. The van der Waals surface area contributed by atoms with Crippen molar-refractivity contribution in [3.63, 3.8) is 0 Å². The first-order valence-electron chi connectivity index (χ1n) is 7.68. The molecule has 1 N–H and O–H groups in total. The monoisotopic (exact) mass is 384 g/mol. The highest BCUT2D eigenvalue weighted by Crippen LogP contribution is 2.24. The predicted octanol–water partition coefficient (Wildman–Crippen LogP) is 2.44. The fourth-order valence-corrected chi connectivity index (χ4v) is 4.06. The second kappa shape index (κ2) is 7.81. The van der Waals surface area contributed by atoms with Gasteiger partial charge in [0.2, 0.25) is 5.91 Å². The van der Waals surface area contributed by atoms with E-state index in [1.54, 1.807) is 0 Å². The number of hydrogen-bond acceptors (Lipinski definition) is 4. The van der Waals surface area contributed by atoms with E-state index in [0.717, 1.165) is 28.1 Å². The summed E-state index contributed by atoms with van der Waals surface area (Å²) < 4.78 is 6.90. The minimum atomic E-state index is -0.0144. The van der Waals surface area contributed by atoms with Crippen LogP contribution in [0.3, 0.4) is 0 Å². The average Bonchev–Trinajstić information content (AvgIpc) is 2.56. The Kier molecular flexibility index (Phi) is 5.79. The summed E-state index contributed by atoms with van der Waals surface area (Å²) in [5.41, 5.74) is 1.13. The second-order valence-corrected chi connectivity index (χ2v) is 7.75. The van der Waals surface area contributed by atoms with Crippen molar-refractivity contribution in [2.45, 2.75) is 18.6 Å². The topological polar surface area (TPSA) is 41.6 Å². The largest absolute Gasteiger partial charge is 0.370 e. The molecule has 2 fully saturated rings. The lowest BCUT2D eigenvalue weighted by Crippen LogP contribution is -2.46. The molecule has 2 unspecified atom stereocenters. The van der Waals surface area contributed by atoms with Gasteiger partial charge in [-0.3, -0.25) is 4.79 Å². The number of carbonyl (C=O) groups excluding carboxylic acids is 1. The molecule has 1 aromatic carbocycles. The van der Waals surface area contributed by atoms with Gasteiger partial charge in [0.05, 0.1) is 13.2 Å². The lowest BCUT2D eigenvalue weighted by molar-refractivity contribution is -0.139. The van der Waals surface area contributed by atoms with Gasteiger partial charge in [0.1, 0.15) is 6.10 Å². The molecule has 22 heavy (non-hydrogen) atoms. The van der Waals surface area contributed by atoms with Crippen molar-refractivity contribution in [3.8, 4) is 0 Å². The summed E-state index contributed by atoms with van der Waals surface area (Å²) >= 11 is 5.37. The number of carbonyl (C=O) groups is 1.